The van der Waals surface area contributed by atoms with Gasteiger partial charge in [0.15, 0.2) is 0 Å². The average molecular weight is 249 g/mol. The van der Waals surface area contributed by atoms with E-state index in [0.717, 1.165) is 31.9 Å². The van der Waals surface area contributed by atoms with Crippen molar-refractivity contribution in [2.75, 3.05) is 19.7 Å². The molecule has 0 spiro atoms. The van der Waals surface area contributed by atoms with Crippen molar-refractivity contribution in [3.8, 4) is 11.5 Å². The number of benzene rings is 1. The number of aromatic hydroxyl groups is 1. The zero-order valence-corrected chi connectivity index (χ0v) is 11.4. The van der Waals surface area contributed by atoms with Crippen LogP contribution in [0.4, 0.5) is 0 Å². The second-order valence-corrected chi connectivity index (χ2v) is 5.00. The van der Waals surface area contributed by atoms with Gasteiger partial charge in [-0.25, -0.2) is 0 Å². The second-order valence-electron chi connectivity index (χ2n) is 5.00. The lowest BCUT2D eigenvalue weighted by molar-refractivity contribution is 0.119. The van der Waals surface area contributed by atoms with Crippen molar-refractivity contribution in [1.82, 2.24) is 4.90 Å². The van der Waals surface area contributed by atoms with Crippen molar-refractivity contribution in [2.45, 2.75) is 39.2 Å². The molecule has 1 N–H and O–H groups in total. The Morgan fingerprint density at radius 2 is 2.00 bits per heavy atom. The summed E-state index contributed by atoms with van der Waals surface area (Å²) in [7, 11) is 0. The molecule has 0 bridgehead atoms. The lowest BCUT2D eigenvalue weighted by atomic mass is 10.0. The van der Waals surface area contributed by atoms with E-state index in [0.29, 0.717) is 6.04 Å². The molecule has 0 saturated carbocycles. The lowest BCUT2D eigenvalue weighted by Gasteiger charge is -2.34. The van der Waals surface area contributed by atoms with Crippen molar-refractivity contribution in [3.63, 3.8) is 0 Å². The smallest absolute Gasteiger partial charge is 0.126 e. The topological polar surface area (TPSA) is 32.7 Å². The van der Waals surface area contributed by atoms with Crippen LogP contribution in [-0.2, 0) is 6.42 Å². The first-order chi connectivity index (χ1) is 8.74. The number of fused-ring (bicyclic) bond motifs is 1. The number of phenols is 1. The van der Waals surface area contributed by atoms with E-state index in [-0.39, 0.29) is 5.75 Å². The fourth-order valence-corrected chi connectivity index (χ4v) is 2.63. The highest BCUT2D eigenvalue weighted by Crippen LogP contribution is 2.30. The first-order valence-corrected chi connectivity index (χ1v) is 6.93. The molecule has 0 aromatic heterocycles. The van der Waals surface area contributed by atoms with Crippen LogP contribution in [0.2, 0.25) is 0 Å². The molecule has 1 heterocycles. The predicted molar refractivity (Wildman–Crippen MR) is 73.2 cm³/mol. The van der Waals surface area contributed by atoms with E-state index in [4.69, 9.17) is 4.74 Å². The molecule has 1 atom stereocenters. The third kappa shape index (κ3) is 2.96. The number of ether oxygens (including phenoxy) is 1. The van der Waals surface area contributed by atoms with Crippen molar-refractivity contribution >= 4 is 0 Å². The van der Waals surface area contributed by atoms with E-state index >= 15 is 0 Å². The van der Waals surface area contributed by atoms with E-state index in [2.05, 4.69) is 18.7 Å². The Morgan fingerprint density at radius 1 is 1.28 bits per heavy atom. The van der Waals surface area contributed by atoms with Gasteiger partial charge in [-0.15, -0.1) is 0 Å². The maximum absolute atomic E-state index is 9.44. The molecule has 1 aromatic rings. The van der Waals surface area contributed by atoms with Gasteiger partial charge in [-0.3, -0.25) is 4.90 Å². The summed E-state index contributed by atoms with van der Waals surface area (Å²) in [6, 6.07) is 5.92. The SMILES string of the molecule is CCCN(CCC)C1COc2cc(O)ccc2C1. The molecule has 1 aliphatic rings. The van der Waals surface area contributed by atoms with E-state index in [9.17, 15) is 5.11 Å². The van der Waals surface area contributed by atoms with E-state index < -0.39 is 0 Å². The molecular formula is C15H23NO2. The summed E-state index contributed by atoms with van der Waals surface area (Å²) in [6.45, 7) is 7.44. The lowest BCUT2D eigenvalue weighted by Crippen LogP contribution is -2.43. The third-order valence-electron chi connectivity index (χ3n) is 3.48. The van der Waals surface area contributed by atoms with Crippen LogP contribution in [0.1, 0.15) is 32.3 Å². The molecule has 18 heavy (non-hydrogen) atoms. The molecule has 3 nitrogen and oxygen atoms in total. The molecule has 0 amide bonds. The summed E-state index contributed by atoms with van der Waals surface area (Å²) in [4.78, 5) is 2.52. The fourth-order valence-electron chi connectivity index (χ4n) is 2.63. The van der Waals surface area contributed by atoms with Crippen LogP contribution in [0.3, 0.4) is 0 Å². The molecule has 1 aromatic carbocycles. The molecule has 0 fully saturated rings. The summed E-state index contributed by atoms with van der Waals surface area (Å²) in [5, 5.41) is 9.44. The van der Waals surface area contributed by atoms with Gasteiger partial charge >= 0.3 is 0 Å². The first kappa shape index (κ1) is 13.2. The van der Waals surface area contributed by atoms with Gasteiger partial charge in [0, 0.05) is 12.1 Å². The van der Waals surface area contributed by atoms with Crippen LogP contribution in [0.15, 0.2) is 18.2 Å². The van der Waals surface area contributed by atoms with Crippen LogP contribution < -0.4 is 4.74 Å². The molecule has 0 saturated heterocycles. The largest absolute Gasteiger partial charge is 0.508 e. The minimum Gasteiger partial charge on any atom is -0.508 e. The summed E-state index contributed by atoms with van der Waals surface area (Å²) in [6.07, 6.45) is 3.38. The Balaban J connectivity index is 2.07. The predicted octanol–water partition coefficient (Wildman–Crippen LogP) is 2.82. The molecule has 0 aliphatic carbocycles. The van der Waals surface area contributed by atoms with Gasteiger partial charge in [-0.1, -0.05) is 19.9 Å². The summed E-state index contributed by atoms with van der Waals surface area (Å²) in [5.74, 6) is 1.13. The van der Waals surface area contributed by atoms with Crippen molar-refractivity contribution in [1.29, 1.82) is 0 Å². The van der Waals surface area contributed by atoms with Gasteiger partial charge < -0.3 is 9.84 Å². The maximum Gasteiger partial charge on any atom is 0.126 e. The standard InChI is InChI=1S/C15H23NO2/c1-3-7-16(8-4-2)13-9-12-5-6-14(17)10-15(12)18-11-13/h5-6,10,13,17H,3-4,7-9,11H2,1-2H3. The number of phenolic OH excluding ortho intramolecular Hbond substituents is 1. The van der Waals surface area contributed by atoms with Gasteiger partial charge in [0.05, 0.1) is 0 Å². The Bertz CT molecular complexity index is 386. The van der Waals surface area contributed by atoms with Crippen LogP contribution in [-0.4, -0.2) is 35.7 Å². The number of rotatable bonds is 5. The monoisotopic (exact) mass is 249 g/mol. The zero-order chi connectivity index (χ0) is 13.0. The number of hydrogen-bond donors (Lipinski definition) is 1. The minimum atomic E-state index is 0.283. The normalized spacial score (nSPS) is 18.5. The molecule has 1 unspecified atom stereocenters. The highest BCUT2D eigenvalue weighted by molar-refractivity contribution is 5.41. The number of hydrogen-bond acceptors (Lipinski definition) is 3. The Kier molecular flexibility index (Phi) is 4.48. The Morgan fingerprint density at radius 3 is 2.67 bits per heavy atom. The molecule has 1 aliphatic heterocycles. The van der Waals surface area contributed by atoms with Gasteiger partial charge in [-0.05, 0) is 44.0 Å². The molecular weight excluding hydrogens is 226 g/mol. The summed E-state index contributed by atoms with van der Waals surface area (Å²) in [5.41, 5.74) is 1.21. The molecule has 2 rings (SSSR count). The van der Waals surface area contributed by atoms with Crippen LogP contribution in [0.5, 0.6) is 11.5 Å². The molecule has 3 heteroatoms. The van der Waals surface area contributed by atoms with E-state index in [1.54, 1.807) is 12.1 Å². The second kappa shape index (κ2) is 6.10. The first-order valence-electron chi connectivity index (χ1n) is 6.93. The van der Waals surface area contributed by atoms with Crippen LogP contribution in [0, 0.1) is 0 Å². The van der Waals surface area contributed by atoms with Crippen molar-refractivity contribution in [3.05, 3.63) is 23.8 Å². The van der Waals surface area contributed by atoms with E-state index in [1.165, 1.54) is 18.4 Å². The zero-order valence-electron chi connectivity index (χ0n) is 11.4. The highest BCUT2D eigenvalue weighted by atomic mass is 16.5. The minimum absolute atomic E-state index is 0.283. The highest BCUT2D eigenvalue weighted by Gasteiger charge is 2.24. The molecule has 100 valence electrons. The Labute approximate surface area is 109 Å². The van der Waals surface area contributed by atoms with Gasteiger partial charge in [0.1, 0.15) is 18.1 Å². The average Bonchev–Trinajstić information content (AvgIpc) is 2.38. The molecule has 0 radical (unpaired) electrons. The van der Waals surface area contributed by atoms with Crippen LogP contribution in [0.25, 0.3) is 0 Å². The van der Waals surface area contributed by atoms with E-state index in [1.807, 2.05) is 6.07 Å². The van der Waals surface area contributed by atoms with Crippen molar-refractivity contribution in [2.24, 2.45) is 0 Å². The van der Waals surface area contributed by atoms with Gasteiger partial charge in [0.2, 0.25) is 0 Å². The maximum atomic E-state index is 9.44. The third-order valence-corrected chi connectivity index (χ3v) is 3.48. The van der Waals surface area contributed by atoms with Crippen LogP contribution >= 0.6 is 0 Å². The quantitative estimate of drug-likeness (QED) is 0.871. The Hall–Kier alpha value is -1.22. The summed E-state index contributed by atoms with van der Waals surface area (Å²) >= 11 is 0. The van der Waals surface area contributed by atoms with Crippen molar-refractivity contribution < 1.29 is 9.84 Å². The van der Waals surface area contributed by atoms with Gasteiger partial charge in [-0.2, -0.15) is 0 Å². The number of nitrogens with zero attached hydrogens (tertiary/aromatic N) is 1. The fraction of sp³-hybridized carbons (Fsp3) is 0.600. The van der Waals surface area contributed by atoms with Gasteiger partial charge in [0.25, 0.3) is 0 Å². The summed E-state index contributed by atoms with van der Waals surface area (Å²) < 4.78 is 5.79.